The summed E-state index contributed by atoms with van der Waals surface area (Å²) in [5.74, 6) is 1.48. The maximum absolute atomic E-state index is 6.95. The van der Waals surface area contributed by atoms with Gasteiger partial charge in [-0.2, -0.15) is 0 Å². The lowest BCUT2D eigenvalue weighted by atomic mass is 9.46. The Morgan fingerprint density at radius 1 is 1.14 bits per heavy atom. The Balaban J connectivity index is 1.65. The van der Waals surface area contributed by atoms with Crippen LogP contribution in [0.4, 0.5) is 0 Å². The number of nitrogens with two attached hydrogens (primary N) is 1. The zero-order chi connectivity index (χ0) is 15.3. The standard InChI is InChI=1S/C18H34N2O/c1-13-7-9-14(10-8-13)20(4)12-18(19)15-6-5-11-21-16(15)17(18,2)3/h13-16H,5-12,19H2,1-4H3. The Hall–Kier alpha value is -0.120. The molecule has 0 aromatic heterocycles. The van der Waals surface area contributed by atoms with Crippen LogP contribution in [0.25, 0.3) is 0 Å². The first-order chi connectivity index (χ1) is 9.86. The summed E-state index contributed by atoms with van der Waals surface area (Å²) in [5, 5.41) is 0. The fourth-order valence-electron chi connectivity index (χ4n) is 5.21. The van der Waals surface area contributed by atoms with Crippen LogP contribution in [0.2, 0.25) is 0 Å². The fourth-order valence-corrected chi connectivity index (χ4v) is 5.21. The van der Waals surface area contributed by atoms with Crippen molar-refractivity contribution >= 4 is 0 Å². The second-order valence-corrected chi connectivity index (χ2v) is 8.63. The van der Waals surface area contributed by atoms with E-state index in [1.165, 1.54) is 38.5 Å². The smallest absolute Gasteiger partial charge is 0.0690 e. The van der Waals surface area contributed by atoms with Gasteiger partial charge in [-0.25, -0.2) is 0 Å². The molecule has 1 saturated heterocycles. The molecule has 21 heavy (non-hydrogen) atoms. The molecule has 2 aliphatic carbocycles. The molecule has 0 amide bonds. The van der Waals surface area contributed by atoms with E-state index in [9.17, 15) is 0 Å². The largest absolute Gasteiger partial charge is 0.377 e. The van der Waals surface area contributed by atoms with Crippen LogP contribution in [0.5, 0.6) is 0 Å². The lowest BCUT2D eigenvalue weighted by molar-refractivity contribution is -0.232. The Labute approximate surface area is 130 Å². The predicted octanol–water partition coefficient (Wildman–Crippen LogP) is 3.03. The van der Waals surface area contributed by atoms with Gasteiger partial charge in [0.15, 0.2) is 0 Å². The zero-order valence-electron chi connectivity index (χ0n) is 14.4. The summed E-state index contributed by atoms with van der Waals surface area (Å²) < 4.78 is 6.03. The minimum absolute atomic E-state index is 0.0735. The first kappa shape index (κ1) is 15.8. The molecule has 0 bridgehead atoms. The van der Waals surface area contributed by atoms with Crippen molar-refractivity contribution < 1.29 is 4.74 Å². The summed E-state index contributed by atoms with van der Waals surface area (Å²) in [6.45, 7) is 8.98. The maximum Gasteiger partial charge on any atom is 0.0690 e. The summed E-state index contributed by atoms with van der Waals surface area (Å²) in [6.07, 6.45) is 8.27. The molecular formula is C18H34N2O. The highest BCUT2D eigenvalue weighted by Gasteiger charge is 2.66. The minimum Gasteiger partial charge on any atom is -0.377 e. The third kappa shape index (κ3) is 2.46. The van der Waals surface area contributed by atoms with E-state index in [0.717, 1.165) is 25.1 Å². The van der Waals surface area contributed by atoms with Gasteiger partial charge in [-0.1, -0.05) is 20.8 Å². The van der Waals surface area contributed by atoms with Crippen LogP contribution >= 0.6 is 0 Å². The molecule has 3 fully saturated rings. The van der Waals surface area contributed by atoms with Crippen LogP contribution < -0.4 is 5.73 Å². The van der Waals surface area contributed by atoms with Gasteiger partial charge in [0, 0.05) is 36.1 Å². The Kier molecular flexibility index (Phi) is 4.13. The third-order valence-corrected chi connectivity index (χ3v) is 7.01. The van der Waals surface area contributed by atoms with Gasteiger partial charge in [0.2, 0.25) is 0 Å². The van der Waals surface area contributed by atoms with E-state index in [1.807, 2.05) is 0 Å². The molecule has 1 aliphatic heterocycles. The van der Waals surface area contributed by atoms with Gasteiger partial charge in [0.05, 0.1) is 6.10 Å². The van der Waals surface area contributed by atoms with Crippen molar-refractivity contribution in [2.75, 3.05) is 20.2 Å². The number of nitrogens with zero attached hydrogens (tertiary/aromatic N) is 1. The van der Waals surface area contributed by atoms with E-state index >= 15 is 0 Å². The van der Waals surface area contributed by atoms with Crippen molar-refractivity contribution in [1.82, 2.24) is 4.90 Å². The maximum atomic E-state index is 6.95. The van der Waals surface area contributed by atoms with Crippen molar-refractivity contribution in [2.45, 2.75) is 77.0 Å². The monoisotopic (exact) mass is 294 g/mol. The highest BCUT2D eigenvalue weighted by Crippen LogP contribution is 2.57. The second-order valence-electron chi connectivity index (χ2n) is 8.63. The molecule has 3 aliphatic rings. The molecule has 3 rings (SSSR count). The predicted molar refractivity (Wildman–Crippen MR) is 87.2 cm³/mol. The lowest BCUT2D eigenvalue weighted by Crippen LogP contribution is -2.80. The van der Waals surface area contributed by atoms with Crippen molar-refractivity contribution in [3.05, 3.63) is 0 Å². The highest BCUT2D eigenvalue weighted by molar-refractivity contribution is 5.20. The van der Waals surface area contributed by atoms with Crippen LogP contribution in [-0.2, 0) is 4.74 Å². The van der Waals surface area contributed by atoms with E-state index in [0.29, 0.717) is 12.0 Å². The topological polar surface area (TPSA) is 38.5 Å². The SMILES string of the molecule is CC1CCC(N(C)CC2(N)C3CCCOC3C2(C)C)CC1. The van der Waals surface area contributed by atoms with E-state index < -0.39 is 0 Å². The molecule has 3 heteroatoms. The molecule has 122 valence electrons. The Morgan fingerprint density at radius 3 is 2.48 bits per heavy atom. The van der Waals surface area contributed by atoms with Gasteiger partial charge in [0.25, 0.3) is 0 Å². The van der Waals surface area contributed by atoms with Gasteiger partial charge < -0.3 is 15.4 Å². The van der Waals surface area contributed by atoms with Crippen LogP contribution in [0, 0.1) is 17.3 Å². The normalized spacial score (nSPS) is 46.0. The second kappa shape index (κ2) is 5.50. The quantitative estimate of drug-likeness (QED) is 0.869. The molecular weight excluding hydrogens is 260 g/mol. The van der Waals surface area contributed by atoms with Crippen molar-refractivity contribution in [2.24, 2.45) is 23.0 Å². The minimum atomic E-state index is -0.0735. The van der Waals surface area contributed by atoms with Gasteiger partial charge in [-0.15, -0.1) is 0 Å². The number of hydrogen-bond donors (Lipinski definition) is 1. The lowest BCUT2D eigenvalue weighted by Gasteiger charge is -2.67. The third-order valence-electron chi connectivity index (χ3n) is 7.01. The van der Waals surface area contributed by atoms with Gasteiger partial charge >= 0.3 is 0 Å². The molecule has 3 unspecified atom stereocenters. The Morgan fingerprint density at radius 2 is 1.81 bits per heavy atom. The van der Waals surface area contributed by atoms with Crippen LogP contribution in [0.15, 0.2) is 0 Å². The van der Waals surface area contributed by atoms with Crippen LogP contribution in [0.1, 0.15) is 59.3 Å². The number of fused-ring (bicyclic) bond motifs is 1. The van der Waals surface area contributed by atoms with E-state index in [1.54, 1.807) is 0 Å². The van der Waals surface area contributed by atoms with Gasteiger partial charge in [-0.3, -0.25) is 0 Å². The summed E-state index contributed by atoms with van der Waals surface area (Å²) >= 11 is 0. The molecule has 1 heterocycles. The van der Waals surface area contributed by atoms with E-state index in [2.05, 4.69) is 32.7 Å². The molecule has 0 radical (unpaired) electrons. The number of ether oxygens (including phenoxy) is 1. The summed E-state index contributed by atoms with van der Waals surface area (Å²) in [5.41, 5.74) is 6.98. The molecule has 2 N–H and O–H groups in total. The number of rotatable bonds is 3. The van der Waals surface area contributed by atoms with Gasteiger partial charge in [0.1, 0.15) is 0 Å². The van der Waals surface area contributed by atoms with E-state index in [-0.39, 0.29) is 11.0 Å². The van der Waals surface area contributed by atoms with E-state index in [4.69, 9.17) is 10.5 Å². The average Bonchev–Trinajstić information content (AvgIpc) is 2.47. The van der Waals surface area contributed by atoms with Crippen LogP contribution in [-0.4, -0.2) is 42.8 Å². The average molecular weight is 294 g/mol. The number of likely N-dealkylation sites (N-methyl/N-ethyl adjacent to an activating group) is 1. The van der Waals surface area contributed by atoms with Crippen molar-refractivity contribution in [1.29, 1.82) is 0 Å². The first-order valence-electron chi connectivity index (χ1n) is 8.97. The molecule has 0 aromatic rings. The van der Waals surface area contributed by atoms with Crippen molar-refractivity contribution in [3.8, 4) is 0 Å². The zero-order valence-corrected chi connectivity index (χ0v) is 14.4. The van der Waals surface area contributed by atoms with Gasteiger partial charge in [-0.05, 0) is 51.5 Å². The molecule has 2 saturated carbocycles. The molecule has 3 atom stereocenters. The first-order valence-corrected chi connectivity index (χ1v) is 8.97. The molecule has 0 aromatic carbocycles. The Bertz CT molecular complexity index is 375. The highest BCUT2D eigenvalue weighted by atomic mass is 16.5. The van der Waals surface area contributed by atoms with Crippen molar-refractivity contribution in [3.63, 3.8) is 0 Å². The summed E-state index contributed by atoms with van der Waals surface area (Å²) in [6, 6.07) is 0.737. The van der Waals surface area contributed by atoms with Crippen LogP contribution in [0.3, 0.4) is 0 Å². The molecule has 0 spiro atoms. The summed E-state index contributed by atoms with van der Waals surface area (Å²) in [4.78, 5) is 2.57. The summed E-state index contributed by atoms with van der Waals surface area (Å²) in [7, 11) is 2.29. The number of hydrogen-bond acceptors (Lipinski definition) is 3. The fraction of sp³-hybridized carbons (Fsp3) is 1.00. The molecule has 3 nitrogen and oxygen atoms in total.